The van der Waals surface area contributed by atoms with Crippen LogP contribution >= 0.6 is 0 Å². The van der Waals surface area contributed by atoms with Crippen molar-refractivity contribution in [3.8, 4) is 0 Å². The zero-order chi connectivity index (χ0) is 13.9. The highest BCUT2D eigenvalue weighted by atomic mass is 15.0. The van der Waals surface area contributed by atoms with Gasteiger partial charge in [-0.05, 0) is 37.7 Å². The summed E-state index contributed by atoms with van der Waals surface area (Å²) in [4.78, 5) is 7.59. The van der Waals surface area contributed by atoms with Crippen LogP contribution in [0, 0.1) is 6.92 Å². The molecule has 0 spiro atoms. The summed E-state index contributed by atoms with van der Waals surface area (Å²) in [7, 11) is 0. The highest BCUT2D eigenvalue weighted by Crippen LogP contribution is 2.38. The van der Waals surface area contributed by atoms with Gasteiger partial charge in [-0.25, -0.2) is 4.98 Å². The van der Waals surface area contributed by atoms with Crippen molar-refractivity contribution >= 4 is 0 Å². The molecule has 2 N–H and O–H groups in total. The molecule has 2 aromatic rings. The number of aryl methyl sites for hydroxylation is 1. The van der Waals surface area contributed by atoms with Crippen molar-refractivity contribution in [2.45, 2.75) is 51.1 Å². The molecule has 3 heteroatoms. The molecule has 20 heavy (non-hydrogen) atoms. The lowest BCUT2D eigenvalue weighted by atomic mass is 9.75. The highest BCUT2D eigenvalue weighted by molar-refractivity contribution is 5.27. The van der Waals surface area contributed by atoms with Crippen LogP contribution in [0.4, 0.5) is 0 Å². The standard InChI is InChI=1S/C17H23N3/c1-3-16(17-18-7-8-19-17)20-15-10-14(11-15)13-6-4-5-12(2)9-13/h4-9,14-16,20H,3,10-11H2,1-2H3,(H,18,19). The second-order valence-corrected chi connectivity index (χ2v) is 5.88. The molecule has 0 amide bonds. The summed E-state index contributed by atoms with van der Waals surface area (Å²) in [5.74, 6) is 1.79. The van der Waals surface area contributed by atoms with E-state index >= 15 is 0 Å². The molecule has 0 bridgehead atoms. The lowest BCUT2D eigenvalue weighted by molar-refractivity contribution is 0.259. The van der Waals surface area contributed by atoms with E-state index in [1.165, 1.54) is 24.0 Å². The van der Waals surface area contributed by atoms with Gasteiger partial charge < -0.3 is 10.3 Å². The molecule has 1 saturated carbocycles. The lowest BCUT2D eigenvalue weighted by Gasteiger charge is -2.38. The van der Waals surface area contributed by atoms with Crippen molar-refractivity contribution in [2.24, 2.45) is 0 Å². The van der Waals surface area contributed by atoms with Gasteiger partial charge in [-0.3, -0.25) is 0 Å². The maximum absolute atomic E-state index is 4.37. The third-order valence-electron chi connectivity index (χ3n) is 4.35. The zero-order valence-electron chi connectivity index (χ0n) is 12.3. The van der Waals surface area contributed by atoms with E-state index in [1.54, 1.807) is 0 Å². The van der Waals surface area contributed by atoms with Gasteiger partial charge in [0.25, 0.3) is 0 Å². The van der Waals surface area contributed by atoms with Crippen molar-refractivity contribution in [1.29, 1.82) is 0 Å². The first-order valence-electron chi connectivity index (χ1n) is 7.58. The number of benzene rings is 1. The molecule has 3 rings (SSSR count). The third-order valence-corrected chi connectivity index (χ3v) is 4.35. The molecule has 0 radical (unpaired) electrons. The molecular formula is C17H23N3. The summed E-state index contributed by atoms with van der Waals surface area (Å²) in [6.07, 6.45) is 7.27. The fourth-order valence-electron chi connectivity index (χ4n) is 3.09. The summed E-state index contributed by atoms with van der Waals surface area (Å²) in [5.41, 5.74) is 2.86. The second kappa shape index (κ2) is 5.80. The lowest BCUT2D eigenvalue weighted by Crippen LogP contribution is -2.42. The molecule has 1 aliphatic carbocycles. The Morgan fingerprint density at radius 2 is 2.25 bits per heavy atom. The van der Waals surface area contributed by atoms with Gasteiger partial charge in [0.05, 0.1) is 6.04 Å². The monoisotopic (exact) mass is 269 g/mol. The Bertz CT molecular complexity index is 541. The van der Waals surface area contributed by atoms with Gasteiger partial charge in [0.2, 0.25) is 0 Å². The second-order valence-electron chi connectivity index (χ2n) is 5.88. The van der Waals surface area contributed by atoms with E-state index in [0.29, 0.717) is 12.1 Å². The van der Waals surface area contributed by atoms with Crippen LogP contribution in [-0.4, -0.2) is 16.0 Å². The molecule has 3 nitrogen and oxygen atoms in total. The van der Waals surface area contributed by atoms with Gasteiger partial charge in [0.1, 0.15) is 5.82 Å². The Labute approximate surface area is 120 Å². The van der Waals surface area contributed by atoms with Crippen LogP contribution in [0.5, 0.6) is 0 Å². The van der Waals surface area contributed by atoms with Crippen LogP contribution < -0.4 is 5.32 Å². The number of rotatable bonds is 5. The summed E-state index contributed by atoms with van der Waals surface area (Å²) in [5, 5.41) is 3.73. The predicted molar refractivity (Wildman–Crippen MR) is 81.7 cm³/mol. The Balaban J connectivity index is 1.55. The fraction of sp³-hybridized carbons (Fsp3) is 0.471. The maximum Gasteiger partial charge on any atom is 0.123 e. The molecule has 1 unspecified atom stereocenters. The first-order valence-corrected chi connectivity index (χ1v) is 7.58. The highest BCUT2D eigenvalue weighted by Gasteiger charge is 2.31. The minimum absolute atomic E-state index is 0.355. The Morgan fingerprint density at radius 3 is 2.90 bits per heavy atom. The Kier molecular flexibility index (Phi) is 3.88. The van der Waals surface area contributed by atoms with E-state index < -0.39 is 0 Å². The maximum atomic E-state index is 4.37. The average molecular weight is 269 g/mol. The number of hydrogen-bond acceptors (Lipinski definition) is 2. The first-order chi connectivity index (χ1) is 9.76. The molecule has 1 aromatic heterocycles. The van der Waals surface area contributed by atoms with Gasteiger partial charge in [0.15, 0.2) is 0 Å². The molecule has 106 valence electrons. The summed E-state index contributed by atoms with van der Waals surface area (Å²) in [6.45, 7) is 4.37. The Morgan fingerprint density at radius 1 is 1.40 bits per heavy atom. The van der Waals surface area contributed by atoms with E-state index in [4.69, 9.17) is 0 Å². The fourth-order valence-corrected chi connectivity index (χ4v) is 3.09. The van der Waals surface area contributed by atoms with Gasteiger partial charge in [-0.15, -0.1) is 0 Å². The number of nitrogens with zero attached hydrogens (tertiary/aromatic N) is 1. The SMILES string of the molecule is CCC(NC1CC(c2cccc(C)c2)C1)c1ncc[nH]1. The van der Waals surface area contributed by atoms with E-state index in [9.17, 15) is 0 Å². The molecule has 0 aliphatic heterocycles. The van der Waals surface area contributed by atoms with Crippen LogP contribution in [0.3, 0.4) is 0 Å². The van der Waals surface area contributed by atoms with Crippen molar-refractivity contribution in [3.63, 3.8) is 0 Å². The van der Waals surface area contributed by atoms with E-state index in [-0.39, 0.29) is 0 Å². The van der Waals surface area contributed by atoms with Crippen LogP contribution in [0.1, 0.15) is 55.1 Å². The van der Waals surface area contributed by atoms with Crippen molar-refractivity contribution in [2.75, 3.05) is 0 Å². The predicted octanol–water partition coefficient (Wildman–Crippen LogP) is 3.71. The molecule has 1 aliphatic rings. The van der Waals surface area contributed by atoms with E-state index in [2.05, 4.69) is 53.4 Å². The van der Waals surface area contributed by atoms with E-state index in [1.807, 2.05) is 12.4 Å². The summed E-state index contributed by atoms with van der Waals surface area (Å²) >= 11 is 0. The van der Waals surface area contributed by atoms with Crippen LogP contribution in [-0.2, 0) is 0 Å². The minimum atomic E-state index is 0.355. The normalized spacial score (nSPS) is 23.3. The zero-order valence-corrected chi connectivity index (χ0v) is 12.3. The number of nitrogens with one attached hydrogen (secondary N) is 2. The number of H-pyrrole nitrogens is 1. The smallest absolute Gasteiger partial charge is 0.123 e. The minimum Gasteiger partial charge on any atom is -0.347 e. The topological polar surface area (TPSA) is 40.7 Å². The van der Waals surface area contributed by atoms with Crippen LogP contribution in [0.15, 0.2) is 36.7 Å². The van der Waals surface area contributed by atoms with Gasteiger partial charge in [-0.2, -0.15) is 0 Å². The quantitative estimate of drug-likeness (QED) is 0.869. The average Bonchev–Trinajstić information content (AvgIpc) is 2.91. The summed E-state index contributed by atoms with van der Waals surface area (Å²) in [6, 6.07) is 9.90. The van der Waals surface area contributed by atoms with Crippen LogP contribution in [0.2, 0.25) is 0 Å². The first kappa shape index (κ1) is 13.4. The molecule has 0 saturated heterocycles. The number of hydrogen-bond donors (Lipinski definition) is 2. The summed E-state index contributed by atoms with van der Waals surface area (Å²) < 4.78 is 0. The largest absolute Gasteiger partial charge is 0.347 e. The third kappa shape index (κ3) is 2.78. The van der Waals surface area contributed by atoms with Crippen molar-refractivity contribution in [3.05, 3.63) is 53.6 Å². The van der Waals surface area contributed by atoms with Gasteiger partial charge in [0, 0.05) is 18.4 Å². The van der Waals surface area contributed by atoms with E-state index in [0.717, 1.165) is 18.2 Å². The molecule has 1 fully saturated rings. The molecule has 1 heterocycles. The number of imidazole rings is 1. The molecule has 1 atom stereocenters. The van der Waals surface area contributed by atoms with Gasteiger partial charge in [-0.1, -0.05) is 36.8 Å². The van der Waals surface area contributed by atoms with Crippen molar-refractivity contribution in [1.82, 2.24) is 15.3 Å². The Hall–Kier alpha value is -1.61. The van der Waals surface area contributed by atoms with Crippen molar-refractivity contribution < 1.29 is 0 Å². The molecular weight excluding hydrogens is 246 g/mol. The number of aromatic amines is 1. The molecule has 1 aromatic carbocycles. The van der Waals surface area contributed by atoms with Crippen LogP contribution in [0.25, 0.3) is 0 Å². The van der Waals surface area contributed by atoms with Gasteiger partial charge >= 0.3 is 0 Å². The number of aromatic nitrogens is 2.